The van der Waals surface area contributed by atoms with Gasteiger partial charge in [-0.3, -0.25) is 9.59 Å². The third kappa shape index (κ3) is 11.8. The Morgan fingerprint density at radius 1 is 1.04 bits per heavy atom. The average Bonchev–Trinajstić information content (AvgIpc) is 2.52. The van der Waals surface area contributed by atoms with Crippen molar-refractivity contribution in [3.8, 4) is 0 Å². The third-order valence-electron chi connectivity index (χ3n) is 3.66. The van der Waals surface area contributed by atoms with Gasteiger partial charge < -0.3 is 15.2 Å². The minimum Gasteiger partial charge on any atom is -0.467 e. The molecule has 1 amide bonds. The van der Waals surface area contributed by atoms with Crippen molar-refractivity contribution in [1.82, 2.24) is 5.32 Å². The highest BCUT2D eigenvalue weighted by molar-refractivity contribution is 5.99. The molecule has 0 saturated heterocycles. The molecule has 0 saturated carbocycles. The predicted molar refractivity (Wildman–Crippen MR) is 87.9 cm³/mol. The Morgan fingerprint density at radius 3 is 2.22 bits per heavy atom. The van der Waals surface area contributed by atoms with Crippen LogP contribution in [-0.4, -0.2) is 42.5 Å². The summed E-state index contributed by atoms with van der Waals surface area (Å²) in [5.41, 5.74) is 0. The number of ether oxygens (including phenoxy) is 1. The first-order valence-electron chi connectivity index (χ1n) is 8.54. The molecule has 0 bridgehead atoms. The van der Waals surface area contributed by atoms with Gasteiger partial charge in [-0.05, 0) is 6.42 Å². The Hall–Kier alpha value is -1.43. The number of hydrogen-bond acceptors (Lipinski definition) is 5. The van der Waals surface area contributed by atoms with Crippen LogP contribution in [0.3, 0.4) is 0 Å². The van der Waals surface area contributed by atoms with Gasteiger partial charge in [0.1, 0.15) is 11.8 Å². The second-order valence-corrected chi connectivity index (χ2v) is 5.74. The van der Waals surface area contributed by atoms with Gasteiger partial charge in [0.05, 0.1) is 13.5 Å². The van der Waals surface area contributed by atoms with Crippen LogP contribution in [0.25, 0.3) is 0 Å². The molecule has 0 aliphatic carbocycles. The minimum atomic E-state index is -0.899. The molecule has 0 unspecified atom stereocenters. The molecule has 23 heavy (non-hydrogen) atoms. The SMILES string of the molecule is CCCCCCCCCC(=O)CC(=O)N[C@@H](CCO)C(=O)OC. The van der Waals surface area contributed by atoms with E-state index in [1.165, 1.54) is 32.8 Å². The second kappa shape index (κ2) is 14.2. The monoisotopic (exact) mass is 329 g/mol. The van der Waals surface area contributed by atoms with Crippen LogP contribution < -0.4 is 5.32 Å². The number of unbranched alkanes of at least 4 members (excludes halogenated alkanes) is 6. The third-order valence-corrected chi connectivity index (χ3v) is 3.66. The number of Topliss-reactive ketones (excluding diaryl/α,β-unsaturated/α-hetero) is 1. The molecule has 0 radical (unpaired) electrons. The number of aliphatic hydroxyl groups excluding tert-OH is 1. The Morgan fingerprint density at radius 2 is 1.65 bits per heavy atom. The van der Waals surface area contributed by atoms with E-state index < -0.39 is 17.9 Å². The molecule has 0 aromatic rings. The fraction of sp³-hybridized carbons (Fsp3) is 0.824. The van der Waals surface area contributed by atoms with Crippen LogP contribution in [-0.2, 0) is 19.1 Å². The Bertz CT molecular complexity index is 357. The van der Waals surface area contributed by atoms with Gasteiger partial charge in [0.15, 0.2) is 0 Å². The number of carbonyl (C=O) groups excluding carboxylic acids is 3. The maximum absolute atomic E-state index is 11.7. The largest absolute Gasteiger partial charge is 0.467 e. The van der Waals surface area contributed by atoms with Gasteiger partial charge in [-0.1, -0.05) is 45.4 Å². The second-order valence-electron chi connectivity index (χ2n) is 5.74. The molecular weight excluding hydrogens is 298 g/mol. The maximum atomic E-state index is 11.7. The molecule has 0 aromatic carbocycles. The lowest BCUT2D eigenvalue weighted by molar-refractivity contribution is -0.146. The van der Waals surface area contributed by atoms with E-state index in [-0.39, 0.29) is 25.2 Å². The molecule has 6 heteroatoms. The summed E-state index contributed by atoms with van der Waals surface area (Å²) in [4.78, 5) is 34.9. The molecule has 1 atom stereocenters. The molecular formula is C17H31NO5. The van der Waals surface area contributed by atoms with E-state index in [2.05, 4.69) is 17.0 Å². The van der Waals surface area contributed by atoms with Crippen LogP contribution in [0.2, 0.25) is 0 Å². The van der Waals surface area contributed by atoms with Crippen molar-refractivity contribution in [2.75, 3.05) is 13.7 Å². The first kappa shape index (κ1) is 21.6. The van der Waals surface area contributed by atoms with Gasteiger partial charge >= 0.3 is 5.97 Å². The number of esters is 1. The van der Waals surface area contributed by atoms with E-state index in [9.17, 15) is 14.4 Å². The zero-order valence-electron chi connectivity index (χ0n) is 14.4. The van der Waals surface area contributed by atoms with E-state index >= 15 is 0 Å². The summed E-state index contributed by atoms with van der Waals surface area (Å²) in [7, 11) is 1.21. The number of aliphatic hydroxyl groups is 1. The fourth-order valence-corrected chi connectivity index (χ4v) is 2.31. The van der Waals surface area contributed by atoms with Gasteiger partial charge in [0.25, 0.3) is 0 Å². The van der Waals surface area contributed by atoms with Crippen molar-refractivity contribution in [3.63, 3.8) is 0 Å². The topological polar surface area (TPSA) is 92.7 Å². The number of carbonyl (C=O) groups is 3. The van der Waals surface area contributed by atoms with E-state index in [1.807, 2.05) is 0 Å². The van der Waals surface area contributed by atoms with Gasteiger partial charge in [0, 0.05) is 19.4 Å². The van der Waals surface area contributed by atoms with Crippen molar-refractivity contribution >= 4 is 17.7 Å². The lowest BCUT2D eigenvalue weighted by atomic mass is 10.1. The molecule has 0 fully saturated rings. The van der Waals surface area contributed by atoms with Crippen LogP contribution in [0.5, 0.6) is 0 Å². The van der Waals surface area contributed by atoms with Crippen LogP contribution in [0, 0.1) is 0 Å². The highest BCUT2D eigenvalue weighted by Gasteiger charge is 2.21. The Kier molecular flexibility index (Phi) is 13.3. The molecule has 0 rings (SSSR count). The quantitative estimate of drug-likeness (QED) is 0.289. The molecule has 6 nitrogen and oxygen atoms in total. The number of rotatable bonds is 14. The van der Waals surface area contributed by atoms with Crippen molar-refractivity contribution in [3.05, 3.63) is 0 Å². The normalized spacial score (nSPS) is 11.8. The van der Waals surface area contributed by atoms with Crippen molar-refractivity contribution in [2.45, 2.75) is 77.2 Å². The smallest absolute Gasteiger partial charge is 0.328 e. The van der Waals surface area contributed by atoms with Crippen LogP contribution >= 0.6 is 0 Å². The lowest BCUT2D eigenvalue weighted by Gasteiger charge is -2.15. The summed E-state index contributed by atoms with van der Waals surface area (Å²) in [5, 5.41) is 11.3. The molecule has 0 heterocycles. The zero-order chi connectivity index (χ0) is 17.5. The minimum absolute atomic E-state index is 0.0738. The highest BCUT2D eigenvalue weighted by Crippen LogP contribution is 2.09. The predicted octanol–water partition coefficient (Wildman–Crippen LogP) is 2.13. The number of nitrogens with one attached hydrogen (secondary N) is 1. The first-order valence-corrected chi connectivity index (χ1v) is 8.54. The summed E-state index contributed by atoms with van der Waals surface area (Å²) >= 11 is 0. The van der Waals surface area contributed by atoms with Crippen molar-refractivity contribution in [1.29, 1.82) is 0 Å². The summed E-state index contributed by atoms with van der Waals surface area (Å²) in [5.74, 6) is -1.24. The highest BCUT2D eigenvalue weighted by atomic mass is 16.5. The van der Waals surface area contributed by atoms with Gasteiger partial charge in [-0.25, -0.2) is 4.79 Å². The van der Waals surface area contributed by atoms with E-state index in [0.717, 1.165) is 19.3 Å². The average molecular weight is 329 g/mol. The number of amides is 1. The molecule has 134 valence electrons. The van der Waals surface area contributed by atoms with Crippen LogP contribution in [0.4, 0.5) is 0 Å². The van der Waals surface area contributed by atoms with Crippen molar-refractivity contribution in [2.24, 2.45) is 0 Å². The van der Waals surface area contributed by atoms with Gasteiger partial charge in [0.2, 0.25) is 5.91 Å². The van der Waals surface area contributed by atoms with E-state index in [1.54, 1.807) is 0 Å². The van der Waals surface area contributed by atoms with Gasteiger partial charge in [-0.2, -0.15) is 0 Å². The molecule has 2 N–H and O–H groups in total. The van der Waals surface area contributed by atoms with Crippen LogP contribution in [0.15, 0.2) is 0 Å². The lowest BCUT2D eigenvalue weighted by Crippen LogP contribution is -2.42. The molecule has 0 aliphatic rings. The van der Waals surface area contributed by atoms with Crippen LogP contribution in [0.1, 0.15) is 71.1 Å². The summed E-state index contributed by atoms with van der Waals surface area (Å²) in [6.45, 7) is 1.93. The molecule has 0 aliphatic heterocycles. The standard InChI is InChI=1S/C17H31NO5/c1-3-4-5-6-7-8-9-10-14(20)13-16(21)18-15(11-12-19)17(22)23-2/h15,19H,3-13H2,1-2H3,(H,18,21)/t15-/m0/s1. The van der Waals surface area contributed by atoms with E-state index in [0.29, 0.717) is 6.42 Å². The Labute approximate surface area is 139 Å². The van der Waals surface area contributed by atoms with Gasteiger partial charge in [-0.15, -0.1) is 0 Å². The number of hydrogen-bond donors (Lipinski definition) is 2. The first-order chi connectivity index (χ1) is 11.0. The molecule has 0 spiro atoms. The number of methoxy groups -OCH3 is 1. The number of ketones is 1. The zero-order valence-corrected chi connectivity index (χ0v) is 14.4. The summed E-state index contributed by atoms with van der Waals surface area (Å²) in [6, 6.07) is -0.899. The van der Waals surface area contributed by atoms with E-state index in [4.69, 9.17) is 5.11 Å². The maximum Gasteiger partial charge on any atom is 0.328 e. The summed E-state index contributed by atoms with van der Waals surface area (Å²) in [6.07, 6.45) is 8.09. The summed E-state index contributed by atoms with van der Waals surface area (Å²) < 4.78 is 4.54. The molecule has 0 aromatic heterocycles. The Balaban J connectivity index is 3.87. The fourth-order valence-electron chi connectivity index (χ4n) is 2.31. The van der Waals surface area contributed by atoms with Crippen molar-refractivity contribution < 1.29 is 24.2 Å².